The molecule has 7 N–H and O–H groups in total. The van der Waals surface area contributed by atoms with Gasteiger partial charge in [0.15, 0.2) is 0 Å². The number of rotatable bonds is 19. The van der Waals surface area contributed by atoms with Crippen molar-refractivity contribution in [3.8, 4) is 0 Å². The van der Waals surface area contributed by atoms with Crippen LogP contribution in [0.2, 0.25) is 0 Å². The van der Waals surface area contributed by atoms with Crippen molar-refractivity contribution in [2.75, 3.05) is 32.6 Å². The Morgan fingerprint density at radius 3 is 1.69 bits per heavy atom. The summed E-state index contributed by atoms with van der Waals surface area (Å²) in [5, 5.41) is 21.6. The topological polar surface area (TPSA) is 213 Å². The summed E-state index contributed by atoms with van der Waals surface area (Å²) in [6.07, 6.45) is 6.09. The Morgan fingerprint density at radius 1 is 0.595 bits per heavy atom. The normalized spacial score (nSPS) is 20.5. The first-order chi connectivity index (χ1) is 40.3. The summed E-state index contributed by atoms with van der Waals surface area (Å²) in [6.45, 7) is 9.92. The van der Waals surface area contributed by atoms with E-state index in [0.717, 1.165) is 77.6 Å². The van der Waals surface area contributed by atoms with Crippen LogP contribution in [-0.4, -0.2) is 121 Å². The molecule has 9 atom stereocenters. The molecular formula is C67H84N10O7. The van der Waals surface area contributed by atoms with Crippen LogP contribution < -0.4 is 42.1 Å². The molecular weight excluding hydrogens is 1060 g/mol. The second kappa shape index (κ2) is 26.8. The summed E-state index contributed by atoms with van der Waals surface area (Å²) in [6, 6.07) is 33.8. The van der Waals surface area contributed by atoms with Gasteiger partial charge in [-0.2, -0.15) is 0 Å². The van der Waals surface area contributed by atoms with E-state index in [1.807, 2.05) is 119 Å². The van der Waals surface area contributed by atoms with Crippen molar-refractivity contribution in [2.45, 2.75) is 160 Å². The fourth-order valence-electron chi connectivity index (χ4n) is 12.3. The molecule has 2 aliphatic heterocycles. The number of hydrogen-bond donors (Lipinski definition) is 7. The molecule has 0 bridgehead atoms. The molecule has 0 saturated carbocycles. The second-order valence-corrected chi connectivity index (χ2v) is 24.5. The summed E-state index contributed by atoms with van der Waals surface area (Å²) in [5.74, 6) is -2.22. The molecule has 84 heavy (non-hydrogen) atoms. The van der Waals surface area contributed by atoms with Crippen LogP contribution in [0.3, 0.4) is 0 Å². The first kappa shape index (κ1) is 60.7. The van der Waals surface area contributed by atoms with Crippen molar-refractivity contribution in [3.05, 3.63) is 171 Å². The highest BCUT2D eigenvalue weighted by molar-refractivity contribution is 5.97. The monoisotopic (exact) mass is 1140 g/mol. The molecule has 1 saturated heterocycles. The zero-order chi connectivity index (χ0) is 59.8. The van der Waals surface area contributed by atoms with Crippen LogP contribution in [0.5, 0.6) is 0 Å². The number of aryl methyl sites for hydroxylation is 2. The molecule has 7 amide bonds. The second-order valence-electron chi connectivity index (χ2n) is 24.5. The minimum absolute atomic E-state index is 0.0832. The molecule has 9 rings (SSSR count). The number of carbonyl (C=O) groups is 7. The van der Waals surface area contributed by atoms with Crippen molar-refractivity contribution >= 4 is 47.0 Å². The van der Waals surface area contributed by atoms with Crippen LogP contribution in [-0.2, 0) is 67.5 Å². The van der Waals surface area contributed by atoms with Gasteiger partial charge in [0.2, 0.25) is 35.4 Å². The Morgan fingerprint density at radius 2 is 1.12 bits per heavy atom. The molecule has 0 spiro atoms. The molecule has 1 fully saturated rings. The van der Waals surface area contributed by atoms with E-state index in [-0.39, 0.29) is 79.4 Å². The highest BCUT2D eigenvalue weighted by Crippen LogP contribution is 2.34. The molecule has 2 aliphatic carbocycles. The highest BCUT2D eigenvalue weighted by atomic mass is 16.2. The smallest absolute Gasteiger partial charge is 0.251 e. The maximum absolute atomic E-state index is 15.0. The summed E-state index contributed by atoms with van der Waals surface area (Å²) in [7, 11) is 5.34. The third kappa shape index (κ3) is 14.2. The summed E-state index contributed by atoms with van der Waals surface area (Å²) >= 11 is 0. The number of nitrogens with zero attached hydrogens (tertiary/aromatic N) is 3. The van der Waals surface area contributed by atoms with Gasteiger partial charge in [-0.25, -0.2) is 0 Å². The first-order valence-electron chi connectivity index (χ1n) is 29.9. The lowest BCUT2D eigenvalue weighted by Crippen LogP contribution is -2.59. The number of amides is 7. The molecule has 5 aromatic rings. The standard InChI is InChI=1S/C67H84N10O7/c1-41(68-6)60(78)73-56(65(83)76-39-49-20-10-9-19-48(49)36-57(76)63(81)71-54-25-15-21-45-17-11-13-23-52(45)54)35-43-29-33-51(34-30-43)75(8)38-44-27-31-47(32-28-44)62(80)70-50-37-58(64(82)72-55-26-16-22-46-18-12-14-24-53(46)55)77(40-50)66(84)59(67(3,4)5)74-61(79)42(2)69-7/h9-14,17-20,23-24,27-34,41-42,50,54-59,68-69H,15-16,21-22,25-26,35-40H2,1-8H3,(H,70,80)(H,71,81)(H,72,82)(H,73,78)(H,74,79). The van der Waals surface area contributed by atoms with Gasteiger partial charge in [0, 0.05) is 56.8 Å². The Balaban J connectivity index is 0.857. The minimum Gasteiger partial charge on any atom is -0.370 e. The zero-order valence-electron chi connectivity index (χ0n) is 49.9. The Kier molecular flexibility index (Phi) is 19.4. The number of nitrogens with one attached hydrogen (secondary N) is 7. The van der Waals surface area contributed by atoms with E-state index in [2.05, 4.69) is 60.3 Å². The molecule has 17 heteroatoms. The Labute approximate surface area is 494 Å². The molecule has 2 heterocycles. The van der Waals surface area contributed by atoms with Gasteiger partial charge in [0.05, 0.1) is 24.2 Å². The van der Waals surface area contributed by atoms with Gasteiger partial charge in [-0.1, -0.05) is 118 Å². The number of likely N-dealkylation sites (tertiary alicyclic amines) is 1. The predicted molar refractivity (Wildman–Crippen MR) is 325 cm³/mol. The predicted octanol–water partition coefficient (Wildman–Crippen LogP) is 6.14. The van der Waals surface area contributed by atoms with Crippen molar-refractivity contribution < 1.29 is 33.6 Å². The largest absolute Gasteiger partial charge is 0.370 e. The van der Waals surface area contributed by atoms with Crippen LogP contribution in [0.25, 0.3) is 0 Å². The SMILES string of the molecule is CNC(C)C(=O)NC(Cc1ccc(N(C)Cc2ccc(C(=O)NC3CC(C(=O)NC4CCCc5ccccc54)N(C(=O)C(NC(=O)C(C)NC)C(C)(C)C)C3)cc2)cc1)C(=O)N1Cc2ccccc2CC1C(=O)NC1CCCc2ccccc21. The molecule has 0 aromatic heterocycles. The summed E-state index contributed by atoms with van der Waals surface area (Å²) in [5.41, 5.74) is 9.00. The van der Waals surface area contributed by atoms with Crippen molar-refractivity contribution in [1.82, 2.24) is 47.0 Å². The van der Waals surface area contributed by atoms with E-state index in [1.165, 1.54) is 16.0 Å². The third-order valence-electron chi connectivity index (χ3n) is 17.5. The minimum atomic E-state index is -0.961. The van der Waals surface area contributed by atoms with Gasteiger partial charge in [-0.15, -0.1) is 0 Å². The molecule has 4 aliphatic rings. The number of anilines is 1. The molecule has 9 unspecified atom stereocenters. The zero-order valence-corrected chi connectivity index (χ0v) is 49.9. The summed E-state index contributed by atoms with van der Waals surface area (Å²) in [4.78, 5) is 105. The van der Waals surface area contributed by atoms with Crippen molar-refractivity contribution in [3.63, 3.8) is 0 Å². The van der Waals surface area contributed by atoms with Crippen molar-refractivity contribution in [2.24, 2.45) is 5.41 Å². The molecule has 0 radical (unpaired) electrons. The summed E-state index contributed by atoms with van der Waals surface area (Å²) < 4.78 is 0. The average Bonchev–Trinajstić information content (AvgIpc) is 3.98. The van der Waals surface area contributed by atoms with Crippen LogP contribution in [0.4, 0.5) is 5.69 Å². The number of carbonyl (C=O) groups excluding carboxylic acids is 7. The lowest BCUT2D eigenvalue weighted by molar-refractivity contribution is -0.145. The third-order valence-corrected chi connectivity index (χ3v) is 17.5. The molecule has 5 aromatic carbocycles. The number of likely N-dealkylation sites (N-methyl/N-ethyl adjacent to an activating group) is 2. The lowest BCUT2D eigenvalue weighted by atomic mass is 9.85. The maximum atomic E-state index is 15.0. The van der Waals surface area contributed by atoms with Gasteiger partial charge in [-0.05, 0) is 147 Å². The van der Waals surface area contributed by atoms with Gasteiger partial charge >= 0.3 is 0 Å². The van der Waals surface area contributed by atoms with Gasteiger partial charge in [0.25, 0.3) is 5.91 Å². The van der Waals surface area contributed by atoms with E-state index in [4.69, 9.17) is 0 Å². The van der Waals surface area contributed by atoms with Gasteiger partial charge < -0.3 is 51.9 Å². The number of fused-ring (bicyclic) bond motifs is 3. The van der Waals surface area contributed by atoms with Crippen LogP contribution >= 0.6 is 0 Å². The van der Waals surface area contributed by atoms with Crippen LogP contribution in [0.15, 0.2) is 121 Å². The van der Waals surface area contributed by atoms with Crippen LogP contribution in [0, 0.1) is 5.41 Å². The fourth-order valence-corrected chi connectivity index (χ4v) is 12.3. The van der Waals surface area contributed by atoms with Gasteiger partial charge in [-0.3, -0.25) is 33.6 Å². The Bertz CT molecular complexity index is 3200. The van der Waals surface area contributed by atoms with E-state index in [0.29, 0.717) is 18.5 Å². The number of benzene rings is 5. The van der Waals surface area contributed by atoms with E-state index >= 15 is 4.79 Å². The number of hydrogen-bond acceptors (Lipinski definition) is 10. The molecule has 17 nitrogen and oxygen atoms in total. The molecule has 444 valence electrons. The first-order valence-corrected chi connectivity index (χ1v) is 29.9. The van der Waals surface area contributed by atoms with Crippen molar-refractivity contribution in [1.29, 1.82) is 0 Å². The van der Waals surface area contributed by atoms with Gasteiger partial charge in [0.1, 0.15) is 24.2 Å². The van der Waals surface area contributed by atoms with E-state index < -0.39 is 47.7 Å². The Hall–Kier alpha value is -7.89. The fraction of sp³-hybridized carbons (Fsp3) is 0.448. The average molecular weight is 1140 g/mol. The van der Waals surface area contributed by atoms with E-state index in [9.17, 15) is 28.8 Å². The lowest BCUT2D eigenvalue weighted by Gasteiger charge is -2.39. The van der Waals surface area contributed by atoms with Crippen LogP contribution in [0.1, 0.15) is 134 Å². The quantitative estimate of drug-likeness (QED) is 0.0502. The maximum Gasteiger partial charge on any atom is 0.251 e. The highest BCUT2D eigenvalue weighted by Gasteiger charge is 2.46. The van der Waals surface area contributed by atoms with E-state index in [1.54, 1.807) is 45.0 Å².